The summed E-state index contributed by atoms with van der Waals surface area (Å²) in [6.45, 7) is 0.282. The van der Waals surface area contributed by atoms with Crippen LogP contribution in [-0.4, -0.2) is 18.2 Å². The lowest BCUT2D eigenvalue weighted by Gasteiger charge is -2.17. The highest BCUT2D eigenvalue weighted by Gasteiger charge is 2.31. The maximum absolute atomic E-state index is 13.5. The van der Waals surface area contributed by atoms with Gasteiger partial charge in [0.2, 0.25) is 5.91 Å². The topological polar surface area (TPSA) is 20.3 Å². The molecule has 0 bridgehead atoms. The Labute approximate surface area is 102 Å². The first-order valence-corrected chi connectivity index (χ1v) is 5.72. The summed E-state index contributed by atoms with van der Waals surface area (Å²) < 4.78 is 39.2. The van der Waals surface area contributed by atoms with Crippen LogP contribution in [0, 0.1) is 23.4 Å². The van der Waals surface area contributed by atoms with Crippen LogP contribution in [0.2, 0.25) is 0 Å². The van der Waals surface area contributed by atoms with Crippen molar-refractivity contribution in [3.05, 3.63) is 29.6 Å². The lowest BCUT2D eigenvalue weighted by atomic mass is 10.1. The largest absolute Gasteiger partial charge is 0.309 e. The first-order valence-electron chi connectivity index (χ1n) is 5.08. The highest BCUT2D eigenvalue weighted by Crippen LogP contribution is 2.29. The van der Waals surface area contributed by atoms with Crippen LogP contribution in [-0.2, 0) is 4.79 Å². The van der Waals surface area contributed by atoms with Crippen LogP contribution >= 0.6 is 12.6 Å². The molecule has 2 nitrogen and oxygen atoms in total. The van der Waals surface area contributed by atoms with Crippen LogP contribution in [0.15, 0.2) is 12.1 Å². The van der Waals surface area contributed by atoms with Gasteiger partial charge in [-0.3, -0.25) is 4.79 Å². The molecule has 0 spiro atoms. The van der Waals surface area contributed by atoms with Crippen LogP contribution in [0.1, 0.15) is 6.42 Å². The summed E-state index contributed by atoms with van der Waals surface area (Å²) in [6.07, 6.45) is 0.252. The van der Waals surface area contributed by atoms with Crippen LogP contribution in [0.3, 0.4) is 0 Å². The summed E-state index contributed by atoms with van der Waals surface area (Å²) in [5.41, 5.74) is -0.210. The summed E-state index contributed by atoms with van der Waals surface area (Å²) in [7, 11) is 0. The van der Waals surface area contributed by atoms with E-state index in [0.717, 1.165) is 4.90 Å². The van der Waals surface area contributed by atoms with Crippen molar-refractivity contribution in [3.63, 3.8) is 0 Å². The molecule has 1 aliphatic heterocycles. The molecular formula is C11H10F3NOS. The van der Waals surface area contributed by atoms with Gasteiger partial charge in [-0.15, -0.1) is 0 Å². The molecule has 0 radical (unpaired) electrons. The van der Waals surface area contributed by atoms with Gasteiger partial charge in [-0.05, 0) is 11.7 Å². The van der Waals surface area contributed by atoms with Gasteiger partial charge < -0.3 is 4.90 Å². The van der Waals surface area contributed by atoms with Crippen LogP contribution in [0.5, 0.6) is 0 Å². The van der Waals surface area contributed by atoms with Crippen molar-refractivity contribution in [2.24, 2.45) is 5.92 Å². The molecule has 1 unspecified atom stereocenters. The Morgan fingerprint density at radius 3 is 2.47 bits per heavy atom. The minimum atomic E-state index is -1.26. The van der Waals surface area contributed by atoms with Gasteiger partial charge >= 0.3 is 0 Å². The van der Waals surface area contributed by atoms with Crippen molar-refractivity contribution in [1.82, 2.24) is 0 Å². The van der Waals surface area contributed by atoms with Crippen LogP contribution in [0.4, 0.5) is 18.9 Å². The average molecular weight is 261 g/mol. The van der Waals surface area contributed by atoms with E-state index in [9.17, 15) is 18.0 Å². The normalized spacial score (nSPS) is 20.1. The smallest absolute Gasteiger partial charge is 0.227 e. The maximum Gasteiger partial charge on any atom is 0.227 e. The van der Waals surface area contributed by atoms with Crippen molar-refractivity contribution >= 4 is 24.2 Å². The molecule has 1 amide bonds. The Balaban J connectivity index is 2.35. The zero-order valence-corrected chi connectivity index (χ0v) is 9.68. The SMILES string of the molecule is O=C1CC(CS)CN1c1cc(F)c(F)cc1F. The lowest BCUT2D eigenvalue weighted by Crippen LogP contribution is -2.26. The minimum absolute atomic E-state index is 0.0124. The highest BCUT2D eigenvalue weighted by atomic mass is 32.1. The van der Waals surface area contributed by atoms with Crippen molar-refractivity contribution in [1.29, 1.82) is 0 Å². The van der Waals surface area contributed by atoms with Crippen molar-refractivity contribution in [2.75, 3.05) is 17.2 Å². The molecule has 1 aliphatic rings. The third-order valence-electron chi connectivity index (χ3n) is 2.74. The number of anilines is 1. The second-order valence-corrected chi connectivity index (χ2v) is 4.34. The molecule has 92 valence electrons. The summed E-state index contributed by atoms with van der Waals surface area (Å²) in [6, 6.07) is 1.16. The summed E-state index contributed by atoms with van der Waals surface area (Å²) >= 11 is 4.07. The number of carbonyl (C=O) groups is 1. The van der Waals surface area contributed by atoms with E-state index in [1.54, 1.807) is 0 Å². The summed E-state index contributed by atoms with van der Waals surface area (Å²) in [5, 5.41) is 0. The Bertz CT molecular complexity index is 466. The zero-order chi connectivity index (χ0) is 12.6. The molecule has 17 heavy (non-hydrogen) atoms. The molecule has 1 saturated heterocycles. The number of carbonyl (C=O) groups excluding carboxylic acids is 1. The Kier molecular flexibility index (Phi) is 3.33. The van der Waals surface area contributed by atoms with Gasteiger partial charge in [0.15, 0.2) is 11.6 Å². The van der Waals surface area contributed by atoms with Crippen molar-refractivity contribution < 1.29 is 18.0 Å². The Morgan fingerprint density at radius 2 is 1.88 bits per heavy atom. The number of rotatable bonds is 2. The zero-order valence-electron chi connectivity index (χ0n) is 8.79. The molecule has 0 aromatic heterocycles. The fourth-order valence-corrected chi connectivity index (χ4v) is 2.10. The molecular weight excluding hydrogens is 251 g/mol. The second-order valence-electron chi connectivity index (χ2n) is 3.97. The maximum atomic E-state index is 13.5. The molecule has 1 atom stereocenters. The number of nitrogens with zero attached hydrogens (tertiary/aromatic N) is 1. The molecule has 1 aromatic rings. The van der Waals surface area contributed by atoms with Crippen molar-refractivity contribution in [2.45, 2.75) is 6.42 Å². The number of halogens is 3. The monoisotopic (exact) mass is 261 g/mol. The first-order chi connectivity index (χ1) is 8.02. The van der Waals surface area contributed by atoms with Gasteiger partial charge in [0.1, 0.15) is 5.82 Å². The number of thiol groups is 1. The molecule has 1 heterocycles. The fourth-order valence-electron chi connectivity index (χ4n) is 1.86. The van der Waals surface area contributed by atoms with E-state index >= 15 is 0 Å². The molecule has 0 N–H and O–H groups in total. The predicted molar refractivity (Wildman–Crippen MR) is 60.6 cm³/mol. The number of benzene rings is 1. The number of amides is 1. The standard InChI is InChI=1S/C11H10F3NOS/c12-7-2-9(14)10(3-8(7)13)15-4-6(5-17)1-11(15)16/h2-3,6,17H,1,4-5H2. The third-order valence-corrected chi connectivity index (χ3v) is 3.26. The highest BCUT2D eigenvalue weighted by molar-refractivity contribution is 7.80. The van der Waals surface area contributed by atoms with E-state index in [-0.39, 0.29) is 30.5 Å². The van der Waals surface area contributed by atoms with E-state index in [1.807, 2.05) is 0 Å². The minimum Gasteiger partial charge on any atom is -0.309 e. The van der Waals surface area contributed by atoms with E-state index in [4.69, 9.17) is 0 Å². The second kappa shape index (κ2) is 4.60. The quantitative estimate of drug-likeness (QED) is 0.640. The molecule has 1 fully saturated rings. The fraction of sp³-hybridized carbons (Fsp3) is 0.364. The van der Waals surface area contributed by atoms with Gasteiger partial charge in [-0.1, -0.05) is 0 Å². The lowest BCUT2D eigenvalue weighted by molar-refractivity contribution is -0.117. The molecule has 6 heteroatoms. The van der Waals surface area contributed by atoms with Gasteiger partial charge in [0.25, 0.3) is 0 Å². The summed E-state index contributed by atoms with van der Waals surface area (Å²) in [4.78, 5) is 12.7. The van der Waals surface area contributed by atoms with E-state index in [2.05, 4.69) is 12.6 Å². The van der Waals surface area contributed by atoms with E-state index in [1.165, 1.54) is 0 Å². The molecule has 0 aliphatic carbocycles. The summed E-state index contributed by atoms with van der Waals surface area (Å²) in [5.74, 6) is -3.15. The van der Waals surface area contributed by atoms with Crippen LogP contribution < -0.4 is 4.90 Å². The van der Waals surface area contributed by atoms with E-state index < -0.39 is 17.5 Å². The first kappa shape index (κ1) is 12.3. The Morgan fingerprint density at radius 1 is 1.24 bits per heavy atom. The van der Waals surface area contributed by atoms with Gasteiger partial charge in [-0.25, -0.2) is 13.2 Å². The van der Waals surface area contributed by atoms with Crippen LogP contribution in [0.25, 0.3) is 0 Å². The van der Waals surface area contributed by atoms with E-state index in [0.29, 0.717) is 17.9 Å². The Hall–Kier alpha value is -1.17. The molecule has 1 aromatic carbocycles. The predicted octanol–water partition coefficient (Wildman–Crippen LogP) is 2.39. The van der Waals surface area contributed by atoms with Crippen molar-refractivity contribution in [3.8, 4) is 0 Å². The number of hydrogen-bond acceptors (Lipinski definition) is 2. The van der Waals surface area contributed by atoms with Gasteiger partial charge in [-0.2, -0.15) is 12.6 Å². The molecule has 0 saturated carbocycles. The average Bonchev–Trinajstić information content (AvgIpc) is 2.65. The number of hydrogen-bond donors (Lipinski definition) is 1. The van der Waals surface area contributed by atoms with Gasteiger partial charge in [0, 0.05) is 25.1 Å². The molecule has 2 rings (SSSR count). The third kappa shape index (κ3) is 2.26. The van der Waals surface area contributed by atoms with Gasteiger partial charge in [0.05, 0.1) is 5.69 Å².